The highest BCUT2D eigenvalue weighted by Crippen LogP contribution is 2.12. The molecule has 0 saturated carbocycles. The molecule has 0 saturated heterocycles. The van der Waals surface area contributed by atoms with Crippen LogP contribution in [0.5, 0.6) is 5.75 Å². The van der Waals surface area contributed by atoms with Gasteiger partial charge in [-0.15, -0.1) is 0 Å². The molecular weight excluding hydrogens is 422 g/mol. The summed E-state index contributed by atoms with van der Waals surface area (Å²) in [7, 11) is 0. The number of rotatable bonds is 12. The second-order valence-electron chi connectivity index (χ2n) is 7.15. The predicted molar refractivity (Wildman–Crippen MR) is 110 cm³/mol. The molecule has 0 bridgehead atoms. The second-order valence-corrected chi connectivity index (χ2v) is 7.15. The standard InChI is InChI=1S/C20H25N5O7/c21-14(5-6-17(27)28)18(29)24-15(8-12-9-22-10-23-12)19(30)25-16(20(31)32)7-11-1-3-13(26)4-2-11/h1-4,9-10,14-16,26H,5-8,21H2,(H,22,23)(H,24,29)(H,25,30)(H,27,28)(H,31,32). The highest BCUT2D eigenvalue weighted by molar-refractivity contribution is 5.92. The van der Waals surface area contributed by atoms with Crippen molar-refractivity contribution in [2.75, 3.05) is 0 Å². The summed E-state index contributed by atoms with van der Waals surface area (Å²) in [6, 6.07) is 2.22. The highest BCUT2D eigenvalue weighted by Gasteiger charge is 2.29. The number of aromatic amines is 1. The van der Waals surface area contributed by atoms with E-state index in [1.54, 1.807) is 0 Å². The average molecular weight is 447 g/mol. The zero-order valence-electron chi connectivity index (χ0n) is 17.0. The lowest BCUT2D eigenvalue weighted by Crippen LogP contribution is -2.55. The van der Waals surface area contributed by atoms with Crippen molar-refractivity contribution in [2.45, 2.75) is 43.8 Å². The van der Waals surface area contributed by atoms with Gasteiger partial charge in [0.15, 0.2) is 0 Å². The highest BCUT2D eigenvalue weighted by atomic mass is 16.4. The molecule has 1 heterocycles. The number of nitrogens with zero attached hydrogens (tertiary/aromatic N) is 1. The van der Waals surface area contributed by atoms with Crippen LogP contribution in [-0.2, 0) is 32.0 Å². The number of carboxylic acid groups (broad SMARTS) is 2. The summed E-state index contributed by atoms with van der Waals surface area (Å²) in [5.41, 5.74) is 6.79. The second kappa shape index (κ2) is 11.5. The van der Waals surface area contributed by atoms with E-state index in [0.717, 1.165) is 0 Å². The maximum absolute atomic E-state index is 12.9. The van der Waals surface area contributed by atoms with Crippen LogP contribution >= 0.6 is 0 Å². The Labute approximate surface area is 182 Å². The van der Waals surface area contributed by atoms with E-state index in [9.17, 15) is 29.4 Å². The number of benzene rings is 1. The van der Waals surface area contributed by atoms with Crippen molar-refractivity contribution in [1.29, 1.82) is 0 Å². The molecule has 12 nitrogen and oxygen atoms in total. The van der Waals surface area contributed by atoms with Crippen molar-refractivity contribution in [3.8, 4) is 5.75 Å². The van der Waals surface area contributed by atoms with Crippen molar-refractivity contribution < 1.29 is 34.5 Å². The third kappa shape index (κ3) is 7.72. The molecule has 1 aromatic heterocycles. The lowest BCUT2D eigenvalue weighted by Gasteiger charge is -2.22. The van der Waals surface area contributed by atoms with Crippen molar-refractivity contribution in [3.05, 3.63) is 48.0 Å². The molecule has 0 aliphatic heterocycles. The first-order valence-electron chi connectivity index (χ1n) is 9.71. The molecular formula is C20H25N5O7. The number of carboxylic acids is 2. The Morgan fingerprint density at radius 2 is 1.66 bits per heavy atom. The number of H-pyrrole nitrogens is 1. The third-order valence-corrected chi connectivity index (χ3v) is 4.61. The van der Waals surface area contributed by atoms with E-state index in [1.165, 1.54) is 36.8 Å². The Kier molecular flexibility index (Phi) is 8.72. The Morgan fingerprint density at radius 3 is 2.22 bits per heavy atom. The number of nitrogens with one attached hydrogen (secondary N) is 3. The van der Waals surface area contributed by atoms with Crippen LogP contribution in [0.2, 0.25) is 0 Å². The number of imidazole rings is 1. The van der Waals surface area contributed by atoms with Gasteiger partial charge in [-0.2, -0.15) is 0 Å². The summed E-state index contributed by atoms with van der Waals surface area (Å²) in [4.78, 5) is 54.2. The normalized spacial score (nSPS) is 13.5. The zero-order chi connectivity index (χ0) is 23.7. The number of hydrogen-bond acceptors (Lipinski definition) is 7. The topological polar surface area (TPSA) is 208 Å². The number of hydrogen-bond donors (Lipinski definition) is 7. The molecule has 172 valence electrons. The first kappa shape index (κ1) is 24.3. The largest absolute Gasteiger partial charge is 0.508 e. The number of phenols is 1. The molecule has 32 heavy (non-hydrogen) atoms. The van der Waals surface area contributed by atoms with E-state index in [-0.39, 0.29) is 31.4 Å². The first-order chi connectivity index (χ1) is 15.2. The number of aliphatic carboxylic acids is 2. The molecule has 2 amide bonds. The monoisotopic (exact) mass is 447 g/mol. The third-order valence-electron chi connectivity index (χ3n) is 4.61. The molecule has 3 atom stereocenters. The maximum Gasteiger partial charge on any atom is 0.326 e. The summed E-state index contributed by atoms with van der Waals surface area (Å²) in [5.74, 6) is -3.87. The van der Waals surface area contributed by atoms with E-state index >= 15 is 0 Å². The summed E-state index contributed by atoms with van der Waals surface area (Å²) in [6.07, 6.45) is 2.31. The van der Waals surface area contributed by atoms with Crippen LogP contribution in [0.25, 0.3) is 0 Å². The van der Waals surface area contributed by atoms with Gasteiger partial charge >= 0.3 is 11.9 Å². The van der Waals surface area contributed by atoms with E-state index in [0.29, 0.717) is 11.3 Å². The van der Waals surface area contributed by atoms with Gasteiger partial charge in [0.1, 0.15) is 17.8 Å². The number of carbonyl (C=O) groups excluding carboxylic acids is 2. The molecule has 0 fully saturated rings. The van der Waals surface area contributed by atoms with Gasteiger partial charge in [0, 0.05) is 31.2 Å². The minimum Gasteiger partial charge on any atom is -0.508 e. The summed E-state index contributed by atoms with van der Waals surface area (Å²) < 4.78 is 0. The molecule has 2 aromatic rings. The molecule has 0 aliphatic carbocycles. The Balaban J connectivity index is 2.10. The van der Waals surface area contributed by atoms with Crippen LogP contribution in [0.15, 0.2) is 36.8 Å². The molecule has 12 heteroatoms. The van der Waals surface area contributed by atoms with Crippen LogP contribution in [0, 0.1) is 0 Å². The van der Waals surface area contributed by atoms with Gasteiger partial charge in [-0.1, -0.05) is 12.1 Å². The van der Waals surface area contributed by atoms with Crippen LogP contribution in [-0.4, -0.2) is 67.2 Å². The molecule has 0 radical (unpaired) electrons. The van der Waals surface area contributed by atoms with Gasteiger partial charge in [-0.05, 0) is 24.1 Å². The fourth-order valence-electron chi connectivity index (χ4n) is 2.85. The summed E-state index contributed by atoms with van der Waals surface area (Å²) in [5, 5.41) is 32.5. The van der Waals surface area contributed by atoms with Gasteiger partial charge < -0.3 is 36.7 Å². The lowest BCUT2D eigenvalue weighted by atomic mass is 10.0. The Morgan fingerprint density at radius 1 is 1.00 bits per heavy atom. The molecule has 0 spiro atoms. The van der Waals surface area contributed by atoms with E-state index in [4.69, 9.17) is 10.8 Å². The van der Waals surface area contributed by atoms with Crippen molar-refractivity contribution in [2.24, 2.45) is 5.73 Å². The first-order valence-corrected chi connectivity index (χ1v) is 9.71. The molecule has 2 rings (SSSR count). The number of nitrogens with two attached hydrogens (primary N) is 1. The summed E-state index contributed by atoms with van der Waals surface area (Å²) >= 11 is 0. The van der Waals surface area contributed by atoms with Crippen LogP contribution < -0.4 is 16.4 Å². The average Bonchev–Trinajstić information content (AvgIpc) is 3.25. The van der Waals surface area contributed by atoms with Crippen molar-refractivity contribution in [1.82, 2.24) is 20.6 Å². The fourth-order valence-corrected chi connectivity index (χ4v) is 2.85. The molecule has 8 N–H and O–H groups in total. The van der Waals surface area contributed by atoms with Gasteiger partial charge in [-0.3, -0.25) is 14.4 Å². The van der Waals surface area contributed by atoms with E-state index < -0.39 is 41.9 Å². The minimum atomic E-state index is -1.30. The van der Waals surface area contributed by atoms with Crippen molar-refractivity contribution >= 4 is 23.8 Å². The maximum atomic E-state index is 12.9. The van der Waals surface area contributed by atoms with E-state index in [1.807, 2.05) is 0 Å². The van der Waals surface area contributed by atoms with Gasteiger partial charge in [0.2, 0.25) is 11.8 Å². The van der Waals surface area contributed by atoms with Crippen LogP contribution in [0.4, 0.5) is 0 Å². The molecule has 0 aliphatic rings. The predicted octanol–water partition coefficient (Wildman–Crippen LogP) is -0.853. The van der Waals surface area contributed by atoms with Gasteiger partial charge in [0.05, 0.1) is 12.4 Å². The molecule has 1 aromatic carbocycles. The van der Waals surface area contributed by atoms with Gasteiger partial charge in [-0.25, -0.2) is 9.78 Å². The van der Waals surface area contributed by atoms with Crippen molar-refractivity contribution in [3.63, 3.8) is 0 Å². The lowest BCUT2D eigenvalue weighted by molar-refractivity contribution is -0.142. The fraction of sp³-hybridized carbons (Fsp3) is 0.350. The van der Waals surface area contributed by atoms with E-state index in [2.05, 4.69) is 20.6 Å². The Bertz CT molecular complexity index is 930. The SMILES string of the molecule is NC(CCC(=O)O)C(=O)NC(Cc1cnc[nH]1)C(=O)NC(Cc1ccc(O)cc1)C(=O)O. The summed E-state index contributed by atoms with van der Waals surface area (Å²) in [6.45, 7) is 0. The number of amides is 2. The number of aromatic nitrogens is 2. The Hall–Kier alpha value is -3.93. The number of carbonyl (C=O) groups is 4. The van der Waals surface area contributed by atoms with Crippen LogP contribution in [0.1, 0.15) is 24.1 Å². The number of aromatic hydroxyl groups is 1. The van der Waals surface area contributed by atoms with Crippen LogP contribution in [0.3, 0.4) is 0 Å². The molecule has 3 unspecified atom stereocenters. The smallest absolute Gasteiger partial charge is 0.326 e. The quantitative estimate of drug-likeness (QED) is 0.216. The van der Waals surface area contributed by atoms with Gasteiger partial charge in [0.25, 0.3) is 0 Å². The minimum absolute atomic E-state index is 0.0191. The number of phenolic OH excluding ortho intramolecular Hbond substituents is 1. The zero-order valence-corrected chi connectivity index (χ0v) is 17.0.